The van der Waals surface area contributed by atoms with Crippen molar-refractivity contribution in [3.8, 4) is 0 Å². The van der Waals surface area contributed by atoms with Crippen LogP contribution in [0.15, 0.2) is 0 Å². The van der Waals surface area contributed by atoms with Gasteiger partial charge in [0.25, 0.3) is 5.92 Å². The Labute approximate surface area is 109 Å². The van der Waals surface area contributed by atoms with Gasteiger partial charge in [-0.05, 0) is 19.3 Å². The molecule has 1 N–H and O–H groups in total. The van der Waals surface area contributed by atoms with Crippen LogP contribution in [0.3, 0.4) is 0 Å². The third-order valence-corrected chi connectivity index (χ3v) is 5.41. The Hall–Kier alpha value is -1.20. The minimum atomic E-state index is -2.62. The van der Waals surface area contributed by atoms with E-state index in [2.05, 4.69) is 5.32 Å². The number of halogens is 2. The number of nitrogens with one attached hydrogen (secondary N) is 1. The van der Waals surface area contributed by atoms with Crippen molar-refractivity contribution in [3.63, 3.8) is 0 Å². The number of amides is 2. The molecule has 19 heavy (non-hydrogen) atoms. The molecule has 0 radical (unpaired) electrons. The number of hydrogen-bond acceptors (Lipinski definition) is 2. The molecular formula is C13H16F2N2O2. The van der Waals surface area contributed by atoms with Crippen molar-refractivity contribution >= 4 is 11.8 Å². The van der Waals surface area contributed by atoms with Crippen LogP contribution in [0.5, 0.6) is 0 Å². The van der Waals surface area contributed by atoms with Gasteiger partial charge in [0.1, 0.15) is 0 Å². The van der Waals surface area contributed by atoms with Crippen molar-refractivity contribution in [2.45, 2.75) is 43.6 Å². The number of carbonyl (C=O) groups excluding carboxylic acids is 2. The summed E-state index contributed by atoms with van der Waals surface area (Å²) in [6.45, 7) is 1.08. The highest BCUT2D eigenvalue weighted by Crippen LogP contribution is 2.79. The van der Waals surface area contributed by atoms with E-state index in [9.17, 15) is 18.4 Å². The second-order valence-corrected chi connectivity index (χ2v) is 6.63. The molecule has 2 spiro atoms. The van der Waals surface area contributed by atoms with Gasteiger partial charge in [-0.3, -0.25) is 9.59 Å². The maximum Gasteiger partial charge on any atom is 0.255 e. The molecule has 2 saturated carbocycles. The molecule has 4 fully saturated rings. The Bertz CT molecular complexity index is 495. The molecule has 2 heterocycles. The van der Waals surface area contributed by atoms with Crippen LogP contribution in [0, 0.1) is 11.3 Å². The Balaban J connectivity index is 1.43. The lowest BCUT2D eigenvalue weighted by Crippen LogP contribution is -2.45. The second kappa shape index (κ2) is 3.10. The molecule has 4 rings (SSSR count). The van der Waals surface area contributed by atoms with Crippen molar-refractivity contribution in [1.29, 1.82) is 0 Å². The normalized spacial score (nSPS) is 45.9. The third kappa shape index (κ3) is 1.43. The molecule has 2 aliphatic heterocycles. The second-order valence-electron chi connectivity index (χ2n) is 6.63. The fraction of sp³-hybridized carbons (Fsp3) is 0.846. The summed E-state index contributed by atoms with van der Waals surface area (Å²) in [5.41, 5.74) is -1.26. The molecule has 0 aromatic heterocycles. The van der Waals surface area contributed by atoms with Crippen LogP contribution in [0.4, 0.5) is 8.78 Å². The largest absolute Gasteiger partial charge is 0.349 e. The van der Waals surface area contributed by atoms with Gasteiger partial charge in [0.15, 0.2) is 0 Å². The number of carbonyl (C=O) groups is 2. The molecule has 2 amide bonds. The number of alkyl halides is 2. The van der Waals surface area contributed by atoms with Crippen LogP contribution < -0.4 is 5.32 Å². The first-order valence-electron chi connectivity index (χ1n) is 6.85. The molecule has 6 heteroatoms. The van der Waals surface area contributed by atoms with E-state index in [0.717, 1.165) is 12.8 Å². The number of hydrogen-bond donors (Lipinski definition) is 1. The van der Waals surface area contributed by atoms with Crippen molar-refractivity contribution in [3.05, 3.63) is 0 Å². The SMILES string of the molecule is O=C1CCC2(CCN(C(=O)C3CC34CC4(F)F)C2)N1. The Morgan fingerprint density at radius 3 is 2.63 bits per heavy atom. The zero-order valence-corrected chi connectivity index (χ0v) is 10.5. The van der Waals surface area contributed by atoms with Crippen LogP contribution in [-0.4, -0.2) is 41.3 Å². The summed E-state index contributed by atoms with van der Waals surface area (Å²) in [5, 5.41) is 2.95. The van der Waals surface area contributed by atoms with Gasteiger partial charge in [-0.2, -0.15) is 0 Å². The van der Waals surface area contributed by atoms with Gasteiger partial charge in [-0.1, -0.05) is 0 Å². The van der Waals surface area contributed by atoms with Crippen LogP contribution in [0.2, 0.25) is 0 Å². The number of rotatable bonds is 1. The summed E-state index contributed by atoms with van der Waals surface area (Å²) in [6.07, 6.45) is 2.23. The van der Waals surface area contributed by atoms with Crippen LogP contribution in [0.25, 0.3) is 0 Å². The van der Waals surface area contributed by atoms with E-state index in [1.807, 2.05) is 0 Å². The van der Waals surface area contributed by atoms with E-state index >= 15 is 0 Å². The highest BCUT2D eigenvalue weighted by molar-refractivity contribution is 5.85. The molecule has 4 nitrogen and oxygen atoms in total. The van der Waals surface area contributed by atoms with Crippen LogP contribution in [-0.2, 0) is 9.59 Å². The summed E-state index contributed by atoms with van der Waals surface area (Å²) in [6, 6.07) is 0. The van der Waals surface area contributed by atoms with Crippen molar-refractivity contribution < 1.29 is 18.4 Å². The fourth-order valence-corrected chi connectivity index (χ4v) is 3.94. The summed E-state index contributed by atoms with van der Waals surface area (Å²) in [7, 11) is 0. The highest BCUT2D eigenvalue weighted by atomic mass is 19.3. The smallest absolute Gasteiger partial charge is 0.255 e. The minimum Gasteiger partial charge on any atom is -0.349 e. The predicted molar refractivity (Wildman–Crippen MR) is 61.4 cm³/mol. The fourth-order valence-electron chi connectivity index (χ4n) is 3.94. The van der Waals surface area contributed by atoms with Gasteiger partial charge < -0.3 is 10.2 Å². The summed E-state index contributed by atoms with van der Waals surface area (Å²) < 4.78 is 26.4. The summed E-state index contributed by atoms with van der Waals surface area (Å²) in [4.78, 5) is 25.2. The van der Waals surface area contributed by atoms with E-state index in [1.54, 1.807) is 4.90 Å². The lowest BCUT2D eigenvalue weighted by Gasteiger charge is -2.24. The lowest BCUT2D eigenvalue weighted by molar-refractivity contribution is -0.132. The summed E-state index contributed by atoms with van der Waals surface area (Å²) >= 11 is 0. The molecule has 0 aromatic rings. The molecular weight excluding hydrogens is 254 g/mol. The Morgan fingerprint density at radius 2 is 2.11 bits per heavy atom. The highest BCUT2D eigenvalue weighted by Gasteiger charge is 2.85. The molecule has 0 bridgehead atoms. The van der Waals surface area contributed by atoms with Crippen molar-refractivity contribution in [2.75, 3.05) is 13.1 Å². The summed E-state index contributed by atoms with van der Waals surface area (Å²) in [5.74, 6) is -3.19. The maximum absolute atomic E-state index is 13.2. The van der Waals surface area contributed by atoms with E-state index < -0.39 is 17.3 Å². The van der Waals surface area contributed by atoms with Gasteiger partial charge in [0.05, 0.1) is 16.9 Å². The van der Waals surface area contributed by atoms with Crippen molar-refractivity contribution in [2.24, 2.45) is 11.3 Å². The topological polar surface area (TPSA) is 49.4 Å². The molecule has 104 valence electrons. The average molecular weight is 270 g/mol. The van der Waals surface area contributed by atoms with Gasteiger partial charge in [-0.15, -0.1) is 0 Å². The molecule has 4 aliphatic rings. The Morgan fingerprint density at radius 1 is 1.37 bits per heavy atom. The maximum atomic E-state index is 13.2. The average Bonchev–Trinajstić information content (AvgIpc) is 3.02. The zero-order valence-electron chi connectivity index (χ0n) is 10.5. The molecule has 2 aliphatic carbocycles. The lowest BCUT2D eigenvalue weighted by atomic mass is 9.97. The first-order chi connectivity index (χ1) is 8.88. The number of nitrogens with zero attached hydrogens (tertiary/aromatic N) is 1. The number of likely N-dealkylation sites (tertiary alicyclic amines) is 1. The van der Waals surface area contributed by atoms with Crippen molar-refractivity contribution in [1.82, 2.24) is 10.2 Å². The third-order valence-electron chi connectivity index (χ3n) is 5.41. The van der Waals surface area contributed by atoms with Gasteiger partial charge in [0, 0.05) is 25.9 Å². The van der Waals surface area contributed by atoms with Gasteiger partial charge in [0.2, 0.25) is 11.8 Å². The molecule has 2 saturated heterocycles. The van der Waals surface area contributed by atoms with Gasteiger partial charge >= 0.3 is 0 Å². The first kappa shape index (κ1) is 11.6. The van der Waals surface area contributed by atoms with E-state index in [0.29, 0.717) is 25.9 Å². The standard InChI is InChI=1S/C13H16F2N2O2/c14-13(15)6-12(13)5-8(12)10(19)17-4-3-11(7-17)2-1-9(18)16-11/h8H,1-7H2,(H,16,18). The van der Waals surface area contributed by atoms with E-state index in [1.165, 1.54) is 0 Å². The first-order valence-corrected chi connectivity index (χ1v) is 6.85. The van der Waals surface area contributed by atoms with Crippen LogP contribution in [0.1, 0.15) is 32.1 Å². The van der Waals surface area contributed by atoms with Gasteiger partial charge in [-0.25, -0.2) is 8.78 Å². The quantitative estimate of drug-likeness (QED) is 0.770. The zero-order chi connectivity index (χ0) is 13.5. The molecule has 3 unspecified atom stereocenters. The Kier molecular flexibility index (Phi) is 1.89. The van der Waals surface area contributed by atoms with E-state index in [4.69, 9.17) is 0 Å². The predicted octanol–water partition coefficient (Wildman–Crippen LogP) is 0.913. The molecule has 0 aromatic carbocycles. The van der Waals surface area contributed by atoms with E-state index in [-0.39, 0.29) is 23.8 Å². The minimum absolute atomic E-state index is 0.0333. The monoisotopic (exact) mass is 270 g/mol. The molecule has 3 atom stereocenters. The van der Waals surface area contributed by atoms with Crippen LogP contribution >= 0.6 is 0 Å².